The van der Waals surface area contributed by atoms with Gasteiger partial charge >= 0.3 is 11.9 Å². The fraction of sp³-hybridized carbons (Fsp3) is 0.294. The summed E-state index contributed by atoms with van der Waals surface area (Å²) in [5.74, 6) is -1.47. The van der Waals surface area contributed by atoms with Gasteiger partial charge in [0.1, 0.15) is 0 Å². The van der Waals surface area contributed by atoms with Crippen LogP contribution in [0.4, 0.5) is 0 Å². The van der Waals surface area contributed by atoms with Crippen LogP contribution in [0.2, 0.25) is 0 Å². The zero-order chi connectivity index (χ0) is 18.6. The Morgan fingerprint density at radius 2 is 1.76 bits per heavy atom. The van der Waals surface area contributed by atoms with Crippen LogP contribution < -0.4 is 5.56 Å². The normalized spacial score (nSPS) is 11.3. The average Bonchev–Trinajstić information content (AvgIpc) is 2.84. The molecule has 2 rings (SSSR count). The number of benzene rings is 1. The van der Waals surface area contributed by atoms with Gasteiger partial charge in [0.25, 0.3) is 5.56 Å². The number of rotatable bonds is 5. The second-order valence-corrected chi connectivity index (χ2v) is 5.25. The maximum absolute atomic E-state index is 12.6. The van der Waals surface area contributed by atoms with Crippen molar-refractivity contribution in [3.63, 3.8) is 0 Å². The van der Waals surface area contributed by atoms with Crippen LogP contribution in [-0.2, 0) is 26.1 Å². The molecule has 2 aromatic rings. The van der Waals surface area contributed by atoms with Crippen LogP contribution in [0.3, 0.4) is 0 Å². The molecule has 1 aromatic heterocycles. The molecule has 0 amide bonds. The summed E-state index contributed by atoms with van der Waals surface area (Å²) in [7, 11) is 4.01. The monoisotopic (exact) mass is 345 g/mol. The quantitative estimate of drug-likeness (QED) is 0.598. The molecule has 25 heavy (non-hydrogen) atoms. The minimum atomic E-state index is -0.808. The summed E-state index contributed by atoms with van der Waals surface area (Å²) in [6.07, 6.45) is -0.402. The lowest BCUT2D eigenvalue weighted by Crippen LogP contribution is -2.26. The Balaban J connectivity index is 2.60. The molecule has 0 aliphatic carbocycles. The summed E-state index contributed by atoms with van der Waals surface area (Å²) in [5, 5.41) is 4.03. The molecular formula is C17H19N3O5. The summed E-state index contributed by atoms with van der Waals surface area (Å²) in [4.78, 5) is 36.9. The fourth-order valence-electron chi connectivity index (χ4n) is 2.43. The molecule has 0 N–H and O–H groups in total. The van der Waals surface area contributed by atoms with Gasteiger partial charge in [-0.15, -0.1) is 9.89 Å². The van der Waals surface area contributed by atoms with Crippen molar-refractivity contribution < 1.29 is 19.1 Å². The first-order valence-electron chi connectivity index (χ1n) is 7.47. The molecule has 0 spiro atoms. The van der Waals surface area contributed by atoms with Gasteiger partial charge in [0.2, 0.25) is 0 Å². The van der Waals surface area contributed by atoms with Gasteiger partial charge in [-0.3, -0.25) is 14.3 Å². The van der Waals surface area contributed by atoms with Crippen LogP contribution in [0, 0.1) is 6.92 Å². The number of ether oxygens (including phenoxy) is 2. The number of hydrogen-bond acceptors (Lipinski definition) is 6. The third kappa shape index (κ3) is 3.68. The lowest BCUT2D eigenvalue weighted by Gasteiger charge is -2.08. The number of nitrogens with zero attached hydrogens (tertiary/aromatic N) is 3. The molecule has 0 aliphatic heterocycles. The van der Waals surface area contributed by atoms with Crippen molar-refractivity contribution in [1.82, 2.24) is 9.47 Å². The van der Waals surface area contributed by atoms with E-state index in [4.69, 9.17) is 0 Å². The zero-order valence-corrected chi connectivity index (χ0v) is 14.5. The van der Waals surface area contributed by atoms with E-state index >= 15 is 0 Å². The first kappa shape index (κ1) is 18.2. The topological polar surface area (TPSA) is 91.9 Å². The van der Waals surface area contributed by atoms with E-state index < -0.39 is 23.9 Å². The second kappa shape index (κ2) is 7.61. The van der Waals surface area contributed by atoms with Gasteiger partial charge in [0.15, 0.2) is 5.71 Å². The van der Waals surface area contributed by atoms with E-state index in [-0.39, 0.29) is 5.71 Å². The van der Waals surface area contributed by atoms with Crippen LogP contribution in [0.5, 0.6) is 0 Å². The highest BCUT2D eigenvalue weighted by atomic mass is 16.5. The Kier molecular flexibility index (Phi) is 5.53. The predicted molar refractivity (Wildman–Crippen MR) is 91.3 cm³/mol. The molecule has 0 radical (unpaired) electrons. The number of carbonyl (C=O) groups is 2. The summed E-state index contributed by atoms with van der Waals surface area (Å²) in [6, 6.07) is 9.32. The van der Waals surface area contributed by atoms with Gasteiger partial charge in [-0.1, -0.05) is 30.3 Å². The van der Waals surface area contributed by atoms with Crippen LogP contribution >= 0.6 is 0 Å². The number of hydrogen-bond donors (Lipinski definition) is 0. The largest absolute Gasteiger partial charge is 0.469 e. The van der Waals surface area contributed by atoms with Gasteiger partial charge < -0.3 is 9.47 Å². The van der Waals surface area contributed by atoms with E-state index in [1.165, 1.54) is 18.9 Å². The average molecular weight is 345 g/mol. The van der Waals surface area contributed by atoms with Gasteiger partial charge in [-0.2, -0.15) is 0 Å². The van der Waals surface area contributed by atoms with Crippen molar-refractivity contribution >= 4 is 17.7 Å². The Hall–Kier alpha value is -3.16. The fourth-order valence-corrected chi connectivity index (χ4v) is 2.43. The van der Waals surface area contributed by atoms with E-state index in [9.17, 15) is 14.4 Å². The molecule has 8 heteroatoms. The standard InChI is InChI=1S/C17H19N3O5/c1-11-15(12-8-6-5-7-9-12)19(2)20(16(11)22)18-13(17(23)25-4)10-14(21)24-3/h5-9H,10H2,1-4H3/b18-13+. The van der Waals surface area contributed by atoms with Crippen LogP contribution in [0.25, 0.3) is 11.3 Å². The highest BCUT2D eigenvalue weighted by Crippen LogP contribution is 2.20. The third-order valence-electron chi connectivity index (χ3n) is 3.69. The van der Waals surface area contributed by atoms with Crippen molar-refractivity contribution in [2.24, 2.45) is 12.1 Å². The third-order valence-corrected chi connectivity index (χ3v) is 3.69. The summed E-state index contributed by atoms with van der Waals surface area (Å²) in [5.41, 5.74) is 1.35. The molecule has 132 valence electrons. The minimum Gasteiger partial charge on any atom is -0.469 e. The number of aromatic nitrogens is 2. The van der Waals surface area contributed by atoms with Crippen LogP contribution in [0.1, 0.15) is 12.0 Å². The van der Waals surface area contributed by atoms with Crippen LogP contribution in [-0.4, -0.2) is 41.3 Å². The zero-order valence-electron chi connectivity index (χ0n) is 14.5. The Labute approximate surface area is 144 Å². The van der Waals surface area contributed by atoms with E-state index in [2.05, 4.69) is 14.6 Å². The first-order chi connectivity index (χ1) is 11.9. The molecule has 0 unspecified atom stereocenters. The van der Waals surface area contributed by atoms with Crippen molar-refractivity contribution in [1.29, 1.82) is 0 Å². The van der Waals surface area contributed by atoms with Gasteiger partial charge in [-0.05, 0) is 6.92 Å². The van der Waals surface area contributed by atoms with Gasteiger partial charge in [0, 0.05) is 18.2 Å². The van der Waals surface area contributed by atoms with Crippen molar-refractivity contribution in [3.8, 4) is 11.3 Å². The molecule has 8 nitrogen and oxygen atoms in total. The molecular weight excluding hydrogens is 326 g/mol. The van der Waals surface area contributed by atoms with Gasteiger partial charge in [0.05, 0.1) is 26.3 Å². The number of esters is 2. The molecule has 0 saturated heterocycles. The molecule has 1 aromatic carbocycles. The Morgan fingerprint density at radius 3 is 2.32 bits per heavy atom. The Bertz CT molecular complexity index is 878. The van der Waals surface area contributed by atoms with E-state index in [0.29, 0.717) is 11.3 Å². The molecule has 1 heterocycles. The summed E-state index contributed by atoms with van der Waals surface area (Å²) in [6.45, 7) is 1.68. The summed E-state index contributed by atoms with van der Waals surface area (Å²) < 4.78 is 10.7. The first-order valence-corrected chi connectivity index (χ1v) is 7.47. The van der Waals surface area contributed by atoms with Crippen molar-refractivity contribution in [2.45, 2.75) is 13.3 Å². The number of carbonyl (C=O) groups excluding carboxylic acids is 2. The maximum Gasteiger partial charge on any atom is 0.354 e. The van der Waals surface area contributed by atoms with Crippen molar-refractivity contribution in [3.05, 3.63) is 46.2 Å². The summed E-state index contributed by atoms with van der Waals surface area (Å²) >= 11 is 0. The smallest absolute Gasteiger partial charge is 0.354 e. The lowest BCUT2D eigenvalue weighted by molar-refractivity contribution is -0.140. The Morgan fingerprint density at radius 1 is 1.12 bits per heavy atom. The SMILES string of the molecule is COC(=O)C/C(=N\n1c(=O)c(C)c(-c2ccccc2)n1C)C(=O)OC. The highest BCUT2D eigenvalue weighted by Gasteiger charge is 2.21. The lowest BCUT2D eigenvalue weighted by atomic mass is 10.1. The molecule has 0 bridgehead atoms. The van der Waals surface area contributed by atoms with E-state index in [1.54, 1.807) is 14.0 Å². The van der Waals surface area contributed by atoms with E-state index in [1.807, 2.05) is 30.3 Å². The second-order valence-electron chi connectivity index (χ2n) is 5.25. The minimum absolute atomic E-state index is 0.225. The van der Waals surface area contributed by atoms with Crippen LogP contribution in [0.15, 0.2) is 40.2 Å². The number of methoxy groups -OCH3 is 2. The highest BCUT2D eigenvalue weighted by molar-refractivity contribution is 6.39. The van der Waals surface area contributed by atoms with Gasteiger partial charge in [-0.25, -0.2) is 4.79 Å². The molecule has 0 saturated carbocycles. The maximum atomic E-state index is 12.6. The predicted octanol–water partition coefficient (Wildman–Crippen LogP) is 1.10. The van der Waals surface area contributed by atoms with Crippen molar-refractivity contribution in [2.75, 3.05) is 14.2 Å². The van der Waals surface area contributed by atoms with E-state index in [0.717, 1.165) is 10.4 Å². The molecule has 0 aliphatic rings. The molecule has 0 atom stereocenters. The molecule has 0 fully saturated rings.